The highest BCUT2D eigenvalue weighted by Gasteiger charge is 2.43. The van der Waals surface area contributed by atoms with E-state index in [1.165, 1.54) is 36.0 Å². The first-order valence-electron chi connectivity index (χ1n) is 8.42. The Morgan fingerprint density at radius 2 is 2.05 bits per heavy atom. The van der Waals surface area contributed by atoms with Crippen LogP contribution in [-0.4, -0.2) is 22.4 Å². The highest BCUT2D eigenvalue weighted by molar-refractivity contribution is 5.36. The van der Waals surface area contributed by atoms with Gasteiger partial charge in [0.2, 0.25) is 0 Å². The van der Waals surface area contributed by atoms with Crippen LogP contribution in [-0.2, 0) is 0 Å². The molecule has 0 aromatic carbocycles. The number of aliphatic hydroxyl groups excluding tert-OH is 2. The third kappa shape index (κ3) is 3.02. The van der Waals surface area contributed by atoms with Gasteiger partial charge in [-0.3, -0.25) is 0 Å². The number of hydrogen-bond acceptors (Lipinski definition) is 2. The van der Waals surface area contributed by atoms with E-state index in [0.29, 0.717) is 5.92 Å². The lowest BCUT2D eigenvalue weighted by Gasteiger charge is -2.38. The molecular formula is C19H28O2. The molecule has 0 bridgehead atoms. The van der Waals surface area contributed by atoms with Crippen molar-refractivity contribution in [2.24, 2.45) is 11.3 Å². The molecule has 0 aliphatic heterocycles. The summed E-state index contributed by atoms with van der Waals surface area (Å²) in [6, 6.07) is 0. The summed E-state index contributed by atoms with van der Waals surface area (Å²) < 4.78 is 0. The molecule has 2 nitrogen and oxygen atoms in total. The predicted molar refractivity (Wildman–Crippen MR) is 85.9 cm³/mol. The fraction of sp³-hybridized carbons (Fsp3) is 0.684. The first-order chi connectivity index (χ1) is 9.98. The van der Waals surface area contributed by atoms with E-state index in [4.69, 9.17) is 0 Å². The quantitative estimate of drug-likeness (QED) is 0.809. The molecule has 0 aromatic heterocycles. The summed E-state index contributed by atoms with van der Waals surface area (Å²) in [6.45, 7) is 4.51. The Morgan fingerprint density at radius 1 is 1.24 bits per heavy atom. The largest absolute Gasteiger partial charge is 0.393 e. The van der Waals surface area contributed by atoms with E-state index in [-0.39, 0.29) is 17.6 Å². The molecule has 4 atom stereocenters. The molecule has 2 N–H and O–H groups in total. The minimum atomic E-state index is -0.295. The first kappa shape index (κ1) is 15.1. The minimum absolute atomic E-state index is 0.184. The van der Waals surface area contributed by atoms with Crippen LogP contribution in [0.3, 0.4) is 0 Å². The van der Waals surface area contributed by atoms with Gasteiger partial charge >= 0.3 is 0 Å². The van der Waals surface area contributed by atoms with Gasteiger partial charge in [0, 0.05) is 0 Å². The van der Waals surface area contributed by atoms with Crippen LogP contribution in [0.1, 0.15) is 58.8 Å². The van der Waals surface area contributed by atoms with Crippen molar-refractivity contribution in [3.63, 3.8) is 0 Å². The SMILES string of the molecule is CC1=C(/C=C/C2=C[C@@H](O)C[C@]3(C)CCC[C@@H]23)C[C@@H](O)CC1. The molecule has 0 aromatic rings. The van der Waals surface area contributed by atoms with Gasteiger partial charge in [0.25, 0.3) is 0 Å². The number of fused-ring (bicyclic) bond motifs is 1. The fourth-order valence-electron chi connectivity index (χ4n) is 4.57. The van der Waals surface area contributed by atoms with Crippen molar-refractivity contribution in [2.45, 2.75) is 71.0 Å². The van der Waals surface area contributed by atoms with Gasteiger partial charge in [0.15, 0.2) is 0 Å². The monoisotopic (exact) mass is 288 g/mol. The van der Waals surface area contributed by atoms with Crippen molar-refractivity contribution >= 4 is 0 Å². The van der Waals surface area contributed by atoms with Gasteiger partial charge < -0.3 is 10.2 Å². The van der Waals surface area contributed by atoms with Gasteiger partial charge in [-0.15, -0.1) is 0 Å². The average molecular weight is 288 g/mol. The highest BCUT2D eigenvalue weighted by Crippen LogP contribution is 2.52. The zero-order valence-electron chi connectivity index (χ0n) is 13.3. The molecule has 0 spiro atoms. The normalized spacial score (nSPS) is 40.6. The third-order valence-corrected chi connectivity index (χ3v) is 5.88. The van der Waals surface area contributed by atoms with Crippen molar-refractivity contribution in [1.82, 2.24) is 0 Å². The standard InChI is InChI=1S/C19H28O2/c1-13-5-8-16(20)10-14(13)6-7-15-11-17(21)12-19(2)9-3-4-18(15)19/h6-7,11,16-18,20-21H,3-5,8-10,12H2,1-2H3/b7-6+/t16-,17+,18-,19-/m0/s1. The van der Waals surface area contributed by atoms with Crippen molar-refractivity contribution < 1.29 is 10.2 Å². The molecule has 0 heterocycles. The Morgan fingerprint density at radius 3 is 2.86 bits per heavy atom. The number of allylic oxidation sites excluding steroid dienone is 4. The molecule has 2 heteroatoms. The zero-order chi connectivity index (χ0) is 15.0. The summed E-state index contributed by atoms with van der Waals surface area (Å²) in [7, 11) is 0. The van der Waals surface area contributed by atoms with Crippen molar-refractivity contribution in [2.75, 3.05) is 0 Å². The molecular weight excluding hydrogens is 260 g/mol. The zero-order valence-corrected chi connectivity index (χ0v) is 13.3. The molecule has 0 saturated heterocycles. The summed E-state index contributed by atoms with van der Waals surface area (Å²) >= 11 is 0. The van der Waals surface area contributed by atoms with Crippen molar-refractivity contribution in [1.29, 1.82) is 0 Å². The second-order valence-electron chi connectivity index (χ2n) is 7.57. The Hall–Kier alpha value is -0.860. The Kier molecular flexibility index (Phi) is 4.11. The summed E-state index contributed by atoms with van der Waals surface area (Å²) in [5.41, 5.74) is 4.29. The van der Waals surface area contributed by atoms with Crippen molar-refractivity contribution in [3.8, 4) is 0 Å². The van der Waals surface area contributed by atoms with E-state index in [1.807, 2.05) is 0 Å². The lowest BCUT2D eigenvalue weighted by atomic mass is 9.68. The van der Waals surface area contributed by atoms with Crippen LogP contribution >= 0.6 is 0 Å². The maximum absolute atomic E-state index is 10.2. The molecule has 3 aliphatic carbocycles. The van der Waals surface area contributed by atoms with Gasteiger partial charge in [-0.05, 0) is 67.9 Å². The van der Waals surface area contributed by atoms with Gasteiger partial charge in [0.05, 0.1) is 12.2 Å². The van der Waals surface area contributed by atoms with E-state index in [1.54, 1.807) is 0 Å². The molecule has 21 heavy (non-hydrogen) atoms. The lowest BCUT2D eigenvalue weighted by Crippen LogP contribution is -2.32. The molecule has 1 saturated carbocycles. The maximum Gasteiger partial charge on any atom is 0.0732 e. The molecule has 0 unspecified atom stereocenters. The highest BCUT2D eigenvalue weighted by atomic mass is 16.3. The topological polar surface area (TPSA) is 40.5 Å². The number of hydrogen-bond donors (Lipinski definition) is 2. The Balaban J connectivity index is 1.81. The van der Waals surface area contributed by atoms with Gasteiger partial charge in [-0.25, -0.2) is 0 Å². The van der Waals surface area contributed by atoms with Crippen molar-refractivity contribution in [3.05, 3.63) is 34.9 Å². The number of aliphatic hydroxyl groups is 2. The lowest BCUT2D eigenvalue weighted by molar-refractivity contribution is 0.108. The molecule has 1 fully saturated rings. The number of rotatable bonds is 2. The maximum atomic E-state index is 10.2. The second-order valence-corrected chi connectivity index (χ2v) is 7.57. The summed E-state index contributed by atoms with van der Waals surface area (Å²) in [5.74, 6) is 0.603. The molecule has 0 radical (unpaired) electrons. The van der Waals surface area contributed by atoms with Crippen LogP contribution in [0, 0.1) is 11.3 Å². The van der Waals surface area contributed by atoms with E-state index in [0.717, 1.165) is 25.7 Å². The summed E-state index contributed by atoms with van der Waals surface area (Å²) in [6.07, 6.45) is 13.3. The van der Waals surface area contributed by atoms with E-state index in [2.05, 4.69) is 32.1 Å². The second kappa shape index (κ2) is 5.73. The van der Waals surface area contributed by atoms with Crippen LogP contribution in [0.25, 0.3) is 0 Å². The van der Waals surface area contributed by atoms with Crippen LogP contribution < -0.4 is 0 Å². The average Bonchev–Trinajstić information content (AvgIpc) is 2.80. The third-order valence-electron chi connectivity index (χ3n) is 5.88. The molecule has 3 rings (SSSR count). The summed E-state index contributed by atoms with van der Waals surface area (Å²) in [5, 5.41) is 20.0. The van der Waals surface area contributed by atoms with Crippen LogP contribution in [0.5, 0.6) is 0 Å². The van der Waals surface area contributed by atoms with Gasteiger partial charge in [-0.2, -0.15) is 0 Å². The Labute approximate surface area is 128 Å². The molecule has 0 amide bonds. The summed E-state index contributed by atoms with van der Waals surface area (Å²) in [4.78, 5) is 0. The Bertz CT molecular complexity index is 500. The smallest absolute Gasteiger partial charge is 0.0732 e. The van der Waals surface area contributed by atoms with E-state index < -0.39 is 0 Å². The van der Waals surface area contributed by atoms with Gasteiger partial charge in [-0.1, -0.05) is 37.1 Å². The van der Waals surface area contributed by atoms with E-state index >= 15 is 0 Å². The fourth-order valence-corrected chi connectivity index (χ4v) is 4.57. The molecule has 3 aliphatic rings. The minimum Gasteiger partial charge on any atom is -0.393 e. The van der Waals surface area contributed by atoms with Gasteiger partial charge in [0.1, 0.15) is 0 Å². The predicted octanol–water partition coefficient (Wildman–Crippen LogP) is 3.90. The first-order valence-corrected chi connectivity index (χ1v) is 8.42. The van der Waals surface area contributed by atoms with Crippen LogP contribution in [0.15, 0.2) is 34.9 Å². The van der Waals surface area contributed by atoms with Crippen LogP contribution in [0.2, 0.25) is 0 Å². The molecule has 116 valence electrons. The van der Waals surface area contributed by atoms with E-state index in [9.17, 15) is 10.2 Å². The van der Waals surface area contributed by atoms with Crippen LogP contribution in [0.4, 0.5) is 0 Å².